The third-order valence-corrected chi connectivity index (χ3v) is 2.82. The molecular weight excluding hydrogens is 232 g/mol. The van der Waals surface area contributed by atoms with Crippen LogP contribution in [0.4, 0.5) is 5.69 Å². The number of nitrogen functional groups attached to an aromatic ring is 1. The molecule has 0 saturated heterocycles. The molecule has 5 heteroatoms. The molecule has 0 fully saturated rings. The summed E-state index contributed by atoms with van der Waals surface area (Å²) >= 11 is 0. The Morgan fingerprint density at radius 3 is 2.50 bits per heavy atom. The van der Waals surface area contributed by atoms with E-state index in [0.29, 0.717) is 12.1 Å². The van der Waals surface area contributed by atoms with Crippen molar-refractivity contribution in [1.82, 2.24) is 5.32 Å². The number of aryl methyl sites for hydroxylation is 1. The van der Waals surface area contributed by atoms with Crippen molar-refractivity contribution in [3.05, 3.63) is 29.8 Å². The predicted octanol–water partition coefficient (Wildman–Crippen LogP) is 0.0609. The molecule has 0 aliphatic heterocycles. The van der Waals surface area contributed by atoms with Crippen molar-refractivity contribution in [2.75, 3.05) is 18.9 Å². The van der Waals surface area contributed by atoms with Gasteiger partial charge in [-0.1, -0.05) is 18.2 Å². The van der Waals surface area contributed by atoms with Gasteiger partial charge in [-0.15, -0.1) is 0 Å². The number of hydrogen-bond donors (Lipinski definition) is 4. The van der Waals surface area contributed by atoms with E-state index in [1.165, 1.54) is 0 Å². The van der Waals surface area contributed by atoms with Gasteiger partial charge in [-0.2, -0.15) is 0 Å². The van der Waals surface area contributed by atoms with Gasteiger partial charge in [0.2, 0.25) is 5.91 Å². The molecule has 0 bridgehead atoms. The van der Waals surface area contributed by atoms with Crippen LogP contribution >= 0.6 is 0 Å². The van der Waals surface area contributed by atoms with Crippen LogP contribution in [0.1, 0.15) is 18.9 Å². The minimum absolute atomic E-state index is 0.219. The zero-order valence-electron chi connectivity index (χ0n) is 10.5. The van der Waals surface area contributed by atoms with Crippen molar-refractivity contribution in [3.8, 4) is 0 Å². The Labute approximate surface area is 107 Å². The zero-order chi connectivity index (χ0) is 13.6. The Morgan fingerprint density at radius 1 is 1.33 bits per heavy atom. The molecule has 100 valence electrons. The summed E-state index contributed by atoms with van der Waals surface area (Å²) in [5.41, 5.74) is 6.38. The number of amides is 1. The summed E-state index contributed by atoms with van der Waals surface area (Å²) < 4.78 is 0. The number of hydrogen-bond acceptors (Lipinski definition) is 4. The minimum atomic E-state index is -0.973. The molecule has 0 aliphatic carbocycles. The second-order valence-electron chi connectivity index (χ2n) is 4.62. The topological polar surface area (TPSA) is 95.6 Å². The fourth-order valence-corrected chi connectivity index (χ4v) is 1.54. The van der Waals surface area contributed by atoms with Crippen molar-refractivity contribution in [2.45, 2.75) is 25.3 Å². The molecule has 0 heterocycles. The van der Waals surface area contributed by atoms with Gasteiger partial charge >= 0.3 is 0 Å². The summed E-state index contributed by atoms with van der Waals surface area (Å²) in [5.74, 6) is -0.219. The van der Waals surface area contributed by atoms with Gasteiger partial charge in [0.15, 0.2) is 0 Å². The maximum atomic E-state index is 11.7. The van der Waals surface area contributed by atoms with Crippen LogP contribution in [0.15, 0.2) is 24.3 Å². The van der Waals surface area contributed by atoms with Crippen LogP contribution in [0.3, 0.4) is 0 Å². The van der Waals surface area contributed by atoms with Gasteiger partial charge in [0, 0.05) is 12.1 Å². The molecule has 1 aromatic carbocycles. The maximum absolute atomic E-state index is 11.7. The fourth-order valence-electron chi connectivity index (χ4n) is 1.54. The van der Waals surface area contributed by atoms with E-state index in [9.17, 15) is 4.79 Å². The lowest BCUT2D eigenvalue weighted by molar-refractivity contribution is -0.124. The number of para-hydroxylation sites is 1. The van der Waals surface area contributed by atoms with Gasteiger partial charge in [0.25, 0.3) is 0 Å². The van der Waals surface area contributed by atoms with E-state index in [1.807, 2.05) is 18.2 Å². The highest BCUT2D eigenvalue weighted by Gasteiger charge is 2.24. The van der Waals surface area contributed by atoms with Crippen LogP contribution in [-0.2, 0) is 11.2 Å². The highest BCUT2D eigenvalue weighted by atomic mass is 16.3. The SMILES string of the molecule is CC(CO)(CO)NC(=O)CCc1ccccc1N. The van der Waals surface area contributed by atoms with E-state index < -0.39 is 5.54 Å². The summed E-state index contributed by atoms with van der Waals surface area (Å²) in [5, 5.41) is 20.7. The number of rotatable bonds is 6. The van der Waals surface area contributed by atoms with Crippen LogP contribution in [-0.4, -0.2) is 34.9 Å². The molecule has 0 saturated carbocycles. The first-order valence-corrected chi connectivity index (χ1v) is 5.87. The van der Waals surface area contributed by atoms with Crippen LogP contribution in [0.25, 0.3) is 0 Å². The molecule has 1 aromatic rings. The van der Waals surface area contributed by atoms with E-state index >= 15 is 0 Å². The number of nitrogens with two attached hydrogens (primary N) is 1. The molecule has 0 atom stereocenters. The number of aliphatic hydroxyl groups excluding tert-OH is 2. The first-order chi connectivity index (χ1) is 8.50. The Kier molecular flexibility index (Phi) is 5.12. The minimum Gasteiger partial charge on any atom is -0.399 e. The molecule has 0 spiro atoms. The Morgan fingerprint density at radius 2 is 1.94 bits per heavy atom. The van der Waals surface area contributed by atoms with Gasteiger partial charge in [-0.3, -0.25) is 4.79 Å². The Bertz CT molecular complexity index is 403. The monoisotopic (exact) mass is 252 g/mol. The van der Waals surface area contributed by atoms with Crippen LogP contribution in [0.5, 0.6) is 0 Å². The Hall–Kier alpha value is -1.59. The van der Waals surface area contributed by atoms with Gasteiger partial charge in [-0.05, 0) is 25.0 Å². The maximum Gasteiger partial charge on any atom is 0.220 e. The molecule has 0 unspecified atom stereocenters. The van der Waals surface area contributed by atoms with E-state index in [-0.39, 0.29) is 25.5 Å². The molecule has 0 radical (unpaired) electrons. The van der Waals surface area contributed by atoms with Crippen molar-refractivity contribution in [2.24, 2.45) is 0 Å². The number of nitrogens with one attached hydrogen (secondary N) is 1. The summed E-state index contributed by atoms with van der Waals surface area (Å²) in [6, 6.07) is 7.38. The molecule has 1 rings (SSSR count). The van der Waals surface area contributed by atoms with Gasteiger partial charge in [0.05, 0.1) is 18.8 Å². The lowest BCUT2D eigenvalue weighted by atomic mass is 10.0. The molecule has 0 aliphatic rings. The number of carbonyl (C=O) groups is 1. The smallest absolute Gasteiger partial charge is 0.220 e. The number of anilines is 1. The van der Waals surface area contributed by atoms with Crippen LogP contribution in [0, 0.1) is 0 Å². The molecule has 0 aromatic heterocycles. The molecular formula is C13H20N2O3. The molecule has 1 amide bonds. The lowest BCUT2D eigenvalue weighted by Crippen LogP contribution is -2.51. The average molecular weight is 252 g/mol. The summed E-state index contributed by atoms with van der Waals surface area (Å²) in [4.78, 5) is 11.7. The summed E-state index contributed by atoms with van der Waals surface area (Å²) in [6.45, 7) is 0.979. The fraction of sp³-hybridized carbons (Fsp3) is 0.462. The second kappa shape index (κ2) is 6.37. The van der Waals surface area contributed by atoms with Crippen molar-refractivity contribution in [1.29, 1.82) is 0 Å². The van der Waals surface area contributed by atoms with Crippen molar-refractivity contribution < 1.29 is 15.0 Å². The largest absolute Gasteiger partial charge is 0.399 e. The van der Waals surface area contributed by atoms with E-state index in [2.05, 4.69) is 5.32 Å². The summed E-state index contributed by atoms with van der Waals surface area (Å²) in [6.07, 6.45) is 0.801. The third kappa shape index (κ3) is 4.01. The third-order valence-electron chi connectivity index (χ3n) is 2.82. The zero-order valence-corrected chi connectivity index (χ0v) is 10.5. The molecule has 5 N–H and O–H groups in total. The number of carbonyl (C=O) groups excluding carboxylic acids is 1. The normalized spacial score (nSPS) is 11.3. The number of benzene rings is 1. The van der Waals surface area contributed by atoms with Gasteiger partial charge in [0.1, 0.15) is 0 Å². The highest BCUT2D eigenvalue weighted by Crippen LogP contribution is 2.13. The number of aliphatic hydroxyl groups is 2. The average Bonchev–Trinajstić information content (AvgIpc) is 2.37. The van der Waals surface area contributed by atoms with Gasteiger partial charge in [-0.25, -0.2) is 0 Å². The standard InChI is InChI=1S/C13H20N2O3/c1-13(8-16,9-17)15-12(18)7-6-10-4-2-3-5-11(10)14/h2-5,16-17H,6-9,14H2,1H3,(H,15,18). The molecule has 5 nitrogen and oxygen atoms in total. The highest BCUT2D eigenvalue weighted by molar-refractivity contribution is 5.77. The Balaban J connectivity index is 2.50. The van der Waals surface area contributed by atoms with Gasteiger partial charge < -0.3 is 21.3 Å². The van der Waals surface area contributed by atoms with E-state index in [4.69, 9.17) is 15.9 Å². The van der Waals surface area contributed by atoms with Crippen molar-refractivity contribution in [3.63, 3.8) is 0 Å². The first kappa shape index (κ1) is 14.5. The van der Waals surface area contributed by atoms with Crippen molar-refractivity contribution >= 4 is 11.6 Å². The lowest BCUT2D eigenvalue weighted by Gasteiger charge is -2.26. The van der Waals surface area contributed by atoms with Crippen LogP contribution < -0.4 is 11.1 Å². The second-order valence-corrected chi connectivity index (χ2v) is 4.62. The quantitative estimate of drug-likeness (QED) is 0.538. The first-order valence-electron chi connectivity index (χ1n) is 5.87. The van der Waals surface area contributed by atoms with E-state index in [1.54, 1.807) is 13.0 Å². The van der Waals surface area contributed by atoms with Crippen LogP contribution in [0.2, 0.25) is 0 Å². The predicted molar refractivity (Wildman–Crippen MR) is 69.9 cm³/mol. The summed E-state index contributed by atoms with van der Waals surface area (Å²) in [7, 11) is 0. The molecule has 18 heavy (non-hydrogen) atoms. The van der Waals surface area contributed by atoms with E-state index in [0.717, 1.165) is 5.56 Å².